The second-order valence-corrected chi connectivity index (χ2v) is 10.9. The number of aryl methyl sites for hydroxylation is 1. The Morgan fingerprint density at radius 1 is 1.24 bits per heavy atom. The quantitative estimate of drug-likeness (QED) is 0.400. The highest BCUT2D eigenvalue weighted by molar-refractivity contribution is 8.14. The van der Waals surface area contributed by atoms with Crippen LogP contribution in [-0.4, -0.2) is 61.7 Å². The minimum atomic E-state index is -0.654. The Hall–Kier alpha value is -2.85. The number of nitrogens with zero attached hydrogens (tertiary/aromatic N) is 4. The van der Waals surface area contributed by atoms with Gasteiger partial charge in [-0.1, -0.05) is 35.2 Å². The first kappa shape index (κ1) is 27.2. The van der Waals surface area contributed by atoms with Crippen molar-refractivity contribution in [3.05, 3.63) is 53.1 Å². The van der Waals surface area contributed by atoms with Crippen molar-refractivity contribution in [2.75, 3.05) is 19.7 Å². The Bertz CT molecular complexity index is 1160. The number of carbonyl (C=O) groups excluding carboxylic acids is 3. The van der Waals surface area contributed by atoms with Crippen molar-refractivity contribution in [2.45, 2.75) is 63.8 Å². The molecule has 8 nitrogen and oxygen atoms in total. The third kappa shape index (κ3) is 7.35. The molecular weight excluding hydrogens is 495 g/mol. The number of esters is 1. The number of thioether (sulfide) groups is 1. The van der Waals surface area contributed by atoms with E-state index in [9.17, 15) is 18.8 Å². The number of likely N-dealkylation sites (tertiary alicyclic amines) is 1. The fraction of sp³-hybridized carbons (Fsp3) is 0.519. The summed E-state index contributed by atoms with van der Waals surface area (Å²) in [6.45, 7) is 5.23. The number of aromatic nitrogens is 3. The number of Topliss-reactive ketones (excluding diaryl/α,β-unsaturated/α-hetero) is 1. The van der Waals surface area contributed by atoms with E-state index in [4.69, 9.17) is 4.74 Å². The van der Waals surface area contributed by atoms with E-state index in [1.54, 1.807) is 42.9 Å². The SMILES string of the molecule is CCOC(=O)CCCn1cc(C=C2CN(C(C(=O)C3CC3)c3ccccc3F)CCC2SC(C)=O)nn1. The summed E-state index contributed by atoms with van der Waals surface area (Å²) >= 11 is 1.27. The molecule has 2 heterocycles. The Morgan fingerprint density at radius 2 is 2.03 bits per heavy atom. The molecule has 1 aliphatic heterocycles. The van der Waals surface area contributed by atoms with Crippen LogP contribution in [0.5, 0.6) is 0 Å². The van der Waals surface area contributed by atoms with Crippen molar-refractivity contribution in [1.82, 2.24) is 19.9 Å². The van der Waals surface area contributed by atoms with Crippen LogP contribution in [0.4, 0.5) is 4.39 Å². The van der Waals surface area contributed by atoms with E-state index in [1.165, 1.54) is 17.8 Å². The van der Waals surface area contributed by atoms with Gasteiger partial charge in [-0.05, 0) is 50.3 Å². The lowest BCUT2D eigenvalue weighted by Gasteiger charge is -2.38. The van der Waals surface area contributed by atoms with Gasteiger partial charge in [-0.2, -0.15) is 0 Å². The van der Waals surface area contributed by atoms with Gasteiger partial charge in [0.05, 0.1) is 18.8 Å². The molecule has 1 saturated carbocycles. The number of rotatable bonds is 11. The average Bonchev–Trinajstić information content (AvgIpc) is 3.62. The van der Waals surface area contributed by atoms with Gasteiger partial charge in [0.15, 0.2) is 10.9 Å². The molecule has 1 aromatic heterocycles. The predicted molar refractivity (Wildman–Crippen MR) is 139 cm³/mol. The minimum Gasteiger partial charge on any atom is -0.466 e. The fourth-order valence-corrected chi connectivity index (χ4v) is 5.61. The second kappa shape index (κ2) is 12.6. The molecule has 2 aliphatic rings. The molecule has 1 saturated heterocycles. The van der Waals surface area contributed by atoms with Crippen molar-refractivity contribution in [1.29, 1.82) is 0 Å². The van der Waals surface area contributed by atoms with Gasteiger partial charge in [0.2, 0.25) is 0 Å². The first-order valence-corrected chi connectivity index (χ1v) is 13.7. The van der Waals surface area contributed by atoms with Crippen molar-refractivity contribution >= 4 is 34.7 Å². The van der Waals surface area contributed by atoms with Crippen LogP contribution < -0.4 is 0 Å². The largest absolute Gasteiger partial charge is 0.466 e. The number of benzene rings is 1. The van der Waals surface area contributed by atoms with Crippen LogP contribution in [0.3, 0.4) is 0 Å². The van der Waals surface area contributed by atoms with Crippen LogP contribution in [0.1, 0.15) is 63.3 Å². The molecule has 4 rings (SSSR count). The van der Waals surface area contributed by atoms with Crippen LogP contribution in [0, 0.1) is 11.7 Å². The highest BCUT2D eigenvalue weighted by Gasteiger charge is 2.41. The molecule has 0 radical (unpaired) electrons. The molecule has 0 spiro atoms. The third-order valence-electron chi connectivity index (χ3n) is 6.56. The van der Waals surface area contributed by atoms with Crippen LogP contribution in [0.25, 0.3) is 6.08 Å². The summed E-state index contributed by atoms with van der Waals surface area (Å²) in [5.74, 6) is -0.565. The normalized spacial score (nSPS) is 20.1. The molecule has 2 aromatic rings. The molecule has 0 amide bonds. The van der Waals surface area contributed by atoms with Gasteiger partial charge in [0.25, 0.3) is 0 Å². The van der Waals surface area contributed by atoms with E-state index in [1.807, 2.05) is 11.0 Å². The number of piperidine rings is 1. The maximum atomic E-state index is 14.8. The number of ether oxygens (including phenoxy) is 1. The number of halogens is 1. The van der Waals surface area contributed by atoms with Crippen LogP contribution >= 0.6 is 11.8 Å². The molecule has 10 heteroatoms. The highest BCUT2D eigenvalue weighted by Crippen LogP contribution is 2.40. The molecule has 2 fully saturated rings. The Labute approximate surface area is 220 Å². The van der Waals surface area contributed by atoms with Crippen LogP contribution in [-0.2, 0) is 25.7 Å². The summed E-state index contributed by atoms with van der Waals surface area (Å²) in [6, 6.07) is 5.84. The van der Waals surface area contributed by atoms with Crippen molar-refractivity contribution in [3.63, 3.8) is 0 Å². The zero-order chi connectivity index (χ0) is 26.4. The molecule has 1 aliphatic carbocycles. The molecule has 0 N–H and O–H groups in total. The summed E-state index contributed by atoms with van der Waals surface area (Å²) < 4.78 is 21.5. The number of hydrogen-bond donors (Lipinski definition) is 0. The van der Waals surface area contributed by atoms with Crippen molar-refractivity contribution in [2.24, 2.45) is 5.92 Å². The van der Waals surface area contributed by atoms with E-state index >= 15 is 0 Å². The molecule has 198 valence electrons. The van der Waals surface area contributed by atoms with Gasteiger partial charge in [0.1, 0.15) is 11.5 Å². The standard InChI is InChI=1S/C27H33FN4O4S/c1-3-36-25(34)9-6-13-32-17-21(29-30-32)15-20-16-31(14-12-24(20)37-18(2)33)26(27(35)19-10-11-19)22-7-4-5-8-23(22)28/h4-5,7-8,15,17,19,24,26H,3,6,9-14,16H2,1-2H3. The summed E-state index contributed by atoms with van der Waals surface area (Å²) in [7, 11) is 0. The Morgan fingerprint density at radius 3 is 2.73 bits per heavy atom. The fourth-order valence-electron chi connectivity index (χ4n) is 4.69. The number of carbonyl (C=O) groups is 3. The van der Waals surface area contributed by atoms with Gasteiger partial charge in [-0.3, -0.25) is 24.0 Å². The van der Waals surface area contributed by atoms with E-state index < -0.39 is 6.04 Å². The lowest BCUT2D eigenvalue weighted by molar-refractivity contribution is -0.143. The zero-order valence-electron chi connectivity index (χ0n) is 21.3. The predicted octanol–water partition coefficient (Wildman–Crippen LogP) is 4.22. The summed E-state index contributed by atoms with van der Waals surface area (Å²) in [5.41, 5.74) is 2.00. The number of hydrogen-bond acceptors (Lipinski definition) is 8. The van der Waals surface area contributed by atoms with Gasteiger partial charge in [-0.25, -0.2) is 4.39 Å². The lowest BCUT2D eigenvalue weighted by atomic mass is 9.93. The van der Waals surface area contributed by atoms with E-state index in [0.717, 1.165) is 18.4 Å². The summed E-state index contributed by atoms with van der Waals surface area (Å²) in [6.07, 6.45) is 6.97. The molecule has 1 aromatic carbocycles. The Kier molecular flexibility index (Phi) is 9.26. The zero-order valence-corrected chi connectivity index (χ0v) is 22.1. The van der Waals surface area contributed by atoms with Gasteiger partial charge in [0, 0.05) is 49.7 Å². The molecule has 37 heavy (non-hydrogen) atoms. The molecule has 2 unspecified atom stereocenters. The monoisotopic (exact) mass is 528 g/mol. The van der Waals surface area contributed by atoms with Crippen LogP contribution in [0.2, 0.25) is 0 Å². The van der Waals surface area contributed by atoms with Crippen LogP contribution in [0.15, 0.2) is 36.0 Å². The average molecular weight is 529 g/mol. The first-order chi connectivity index (χ1) is 17.9. The molecule has 2 atom stereocenters. The van der Waals surface area contributed by atoms with E-state index in [-0.39, 0.29) is 33.9 Å². The number of ketones is 1. The minimum absolute atomic E-state index is 0.0177. The Balaban J connectivity index is 1.54. The third-order valence-corrected chi connectivity index (χ3v) is 7.72. The summed E-state index contributed by atoms with van der Waals surface area (Å²) in [4.78, 5) is 38.9. The topological polar surface area (TPSA) is 94.4 Å². The van der Waals surface area contributed by atoms with Gasteiger partial charge in [-0.15, -0.1) is 5.10 Å². The van der Waals surface area contributed by atoms with E-state index in [0.29, 0.717) is 56.8 Å². The first-order valence-electron chi connectivity index (χ1n) is 12.8. The highest BCUT2D eigenvalue weighted by atomic mass is 32.2. The van der Waals surface area contributed by atoms with E-state index in [2.05, 4.69) is 10.3 Å². The van der Waals surface area contributed by atoms with Gasteiger partial charge < -0.3 is 4.74 Å². The molecular formula is C27H33FN4O4S. The smallest absolute Gasteiger partial charge is 0.305 e. The molecule has 0 bridgehead atoms. The van der Waals surface area contributed by atoms with Crippen molar-refractivity contribution in [3.8, 4) is 0 Å². The maximum absolute atomic E-state index is 14.8. The maximum Gasteiger partial charge on any atom is 0.305 e. The lowest BCUT2D eigenvalue weighted by Crippen LogP contribution is -2.43. The van der Waals surface area contributed by atoms with Crippen molar-refractivity contribution < 1.29 is 23.5 Å². The summed E-state index contributed by atoms with van der Waals surface area (Å²) in [5, 5.41) is 8.38. The van der Waals surface area contributed by atoms with Gasteiger partial charge >= 0.3 is 5.97 Å². The second-order valence-electron chi connectivity index (χ2n) is 9.49.